The molecule has 1 aromatic heterocycles. The Kier molecular flexibility index (Phi) is 9.48. The number of hydrogen-bond donors (Lipinski definition) is 2. The number of amides is 4. The number of anilines is 2. The molecule has 0 unspecified atom stereocenters. The van der Waals surface area contributed by atoms with Gasteiger partial charge in [0, 0.05) is 35.8 Å². The average Bonchev–Trinajstić information content (AvgIpc) is 3.79. The molecule has 9 heteroatoms. The van der Waals surface area contributed by atoms with Gasteiger partial charge in [0.05, 0.1) is 6.42 Å². The van der Waals surface area contributed by atoms with E-state index in [2.05, 4.69) is 10.6 Å². The van der Waals surface area contributed by atoms with Crippen molar-refractivity contribution in [3.05, 3.63) is 82.0 Å². The van der Waals surface area contributed by atoms with Gasteiger partial charge in [-0.25, -0.2) is 0 Å². The van der Waals surface area contributed by atoms with E-state index in [0.717, 1.165) is 28.8 Å². The van der Waals surface area contributed by atoms with E-state index < -0.39 is 12.1 Å². The van der Waals surface area contributed by atoms with Crippen molar-refractivity contribution < 1.29 is 19.2 Å². The molecule has 3 aromatic rings. The molecule has 0 aliphatic carbocycles. The van der Waals surface area contributed by atoms with Crippen molar-refractivity contribution in [3.8, 4) is 0 Å². The van der Waals surface area contributed by atoms with E-state index in [4.69, 9.17) is 0 Å². The van der Waals surface area contributed by atoms with Gasteiger partial charge < -0.3 is 20.4 Å². The van der Waals surface area contributed by atoms with Gasteiger partial charge in [0.15, 0.2) is 0 Å². The van der Waals surface area contributed by atoms with Crippen LogP contribution in [0.25, 0.3) is 12.2 Å². The zero-order valence-electron chi connectivity index (χ0n) is 23.8. The smallest absolute Gasteiger partial charge is 0.247 e. The summed E-state index contributed by atoms with van der Waals surface area (Å²) in [5.41, 5.74) is 3.34. The highest BCUT2D eigenvalue weighted by molar-refractivity contribution is 7.10. The van der Waals surface area contributed by atoms with Gasteiger partial charge in [0.25, 0.3) is 0 Å². The van der Waals surface area contributed by atoms with Crippen molar-refractivity contribution in [1.82, 2.24) is 9.80 Å². The van der Waals surface area contributed by atoms with E-state index in [1.807, 2.05) is 85.1 Å². The minimum absolute atomic E-state index is 0.00470. The van der Waals surface area contributed by atoms with Gasteiger partial charge in [-0.3, -0.25) is 19.2 Å². The zero-order valence-corrected chi connectivity index (χ0v) is 24.6. The standard InChI is InChI=1S/C33H36N4O4S/c1-2-30(38)36-19-3-7-28(36)32(40)34-25-15-11-23(12-16-25)9-10-24-13-17-26(18-14-24)35-33(41)29-8-4-20-37(29)31(39)22-27-6-5-21-42-27/h5-6,9-18,21,28-29H,2-4,7-8,19-20,22H2,1H3,(H,34,40)(H,35,41)/t28-,29-/m0/s1. The lowest BCUT2D eigenvalue weighted by molar-refractivity contribution is -0.136. The van der Waals surface area contributed by atoms with Crippen LogP contribution in [-0.4, -0.2) is 58.6 Å². The molecular formula is C33H36N4O4S. The van der Waals surface area contributed by atoms with Gasteiger partial charge >= 0.3 is 0 Å². The van der Waals surface area contributed by atoms with Gasteiger partial charge in [-0.05, 0) is 72.5 Å². The van der Waals surface area contributed by atoms with Crippen LogP contribution in [-0.2, 0) is 25.6 Å². The molecule has 8 nitrogen and oxygen atoms in total. The summed E-state index contributed by atoms with van der Waals surface area (Å²) in [7, 11) is 0. The van der Waals surface area contributed by atoms with Crippen LogP contribution in [0.4, 0.5) is 11.4 Å². The molecule has 0 spiro atoms. The van der Waals surface area contributed by atoms with E-state index in [1.54, 1.807) is 21.1 Å². The summed E-state index contributed by atoms with van der Waals surface area (Å²) in [4.78, 5) is 55.1. The molecule has 0 radical (unpaired) electrons. The Hall–Kier alpha value is -4.24. The normalized spacial score (nSPS) is 18.4. The summed E-state index contributed by atoms with van der Waals surface area (Å²) in [6.45, 7) is 3.06. The van der Waals surface area contributed by atoms with Crippen LogP contribution >= 0.6 is 11.3 Å². The van der Waals surface area contributed by atoms with Crippen LogP contribution in [0.3, 0.4) is 0 Å². The molecule has 2 fully saturated rings. The number of nitrogens with zero attached hydrogens (tertiary/aromatic N) is 2. The second-order valence-corrected chi connectivity index (χ2v) is 11.7. The van der Waals surface area contributed by atoms with E-state index in [0.29, 0.717) is 50.1 Å². The first-order chi connectivity index (χ1) is 20.4. The Bertz CT molecular complexity index is 1430. The fraction of sp³-hybridized carbons (Fsp3) is 0.333. The minimum atomic E-state index is -0.444. The zero-order chi connectivity index (χ0) is 29.5. The SMILES string of the molecule is CCC(=O)N1CCC[C@H]1C(=O)Nc1ccc(C=Cc2ccc(NC(=O)[C@@H]3CCCN3C(=O)Cc3cccs3)cc2)cc1. The summed E-state index contributed by atoms with van der Waals surface area (Å²) in [5, 5.41) is 7.87. The molecule has 5 rings (SSSR count). The number of likely N-dealkylation sites (tertiary alicyclic amines) is 2. The van der Waals surface area contributed by atoms with Gasteiger partial charge in [-0.15, -0.1) is 11.3 Å². The van der Waals surface area contributed by atoms with Crippen LogP contribution in [0.2, 0.25) is 0 Å². The average molecular weight is 585 g/mol. The highest BCUT2D eigenvalue weighted by Gasteiger charge is 2.34. The summed E-state index contributed by atoms with van der Waals surface area (Å²) in [6, 6.07) is 18.2. The lowest BCUT2D eigenvalue weighted by Crippen LogP contribution is -2.43. The van der Waals surface area contributed by atoms with E-state index in [9.17, 15) is 19.2 Å². The summed E-state index contributed by atoms with van der Waals surface area (Å²) in [6.07, 6.45) is 7.72. The third kappa shape index (κ3) is 7.15. The molecule has 2 saturated heterocycles. The topological polar surface area (TPSA) is 98.8 Å². The molecule has 0 bridgehead atoms. The monoisotopic (exact) mass is 584 g/mol. The molecule has 4 amide bonds. The Morgan fingerprint density at radius 2 is 1.26 bits per heavy atom. The number of rotatable bonds is 9. The van der Waals surface area contributed by atoms with Gasteiger partial charge in [0.1, 0.15) is 12.1 Å². The Morgan fingerprint density at radius 3 is 1.71 bits per heavy atom. The van der Waals surface area contributed by atoms with E-state index in [1.165, 1.54) is 0 Å². The minimum Gasteiger partial charge on any atom is -0.331 e. The maximum Gasteiger partial charge on any atom is 0.247 e. The van der Waals surface area contributed by atoms with Crippen LogP contribution in [0.15, 0.2) is 66.0 Å². The number of thiophene rings is 1. The Balaban J connectivity index is 1.12. The van der Waals surface area contributed by atoms with Crippen molar-refractivity contribution in [2.75, 3.05) is 23.7 Å². The molecule has 2 aromatic carbocycles. The van der Waals surface area contributed by atoms with Crippen molar-refractivity contribution in [2.24, 2.45) is 0 Å². The third-order valence-corrected chi connectivity index (χ3v) is 8.66. The van der Waals surface area contributed by atoms with Crippen LogP contribution in [0.1, 0.15) is 55.0 Å². The highest BCUT2D eigenvalue weighted by Crippen LogP contribution is 2.23. The quantitative estimate of drug-likeness (QED) is 0.328. The Labute approximate surface area is 250 Å². The lowest BCUT2D eigenvalue weighted by Gasteiger charge is -2.24. The fourth-order valence-corrected chi connectivity index (χ4v) is 6.24. The van der Waals surface area contributed by atoms with Crippen LogP contribution in [0, 0.1) is 0 Å². The number of nitrogens with one attached hydrogen (secondary N) is 2. The maximum atomic E-state index is 13.0. The molecule has 0 saturated carbocycles. The molecular weight excluding hydrogens is 548 g/mol. The van der Waals surface area contributed by atoms with E-state index in [-0.39, 0.29) is 23.6 Å². The molecule has 42 heavy (non-hydrogen) atoms. The second kappa shape index (κ2) is 13.6. The lowest BCUT2D eigenvalue weighted by atomic mass is 10.1. The Morgan fingerprint density at radius 1 is 0.762 bits per heavy atom. The predicted octanol–water partition coefficient (Wildman–Crippen LogP) is 5.43. The summed E-state index contributed by atoms with van der Waals surface area (Å²) in [5.74, 6) is -0.286. The third-order valence-electron chi connectivity index (χ3n) is 7.78. The number of carbonyl (C=O) groups excluding carboxylic acids is 4. The predicted molar refractivity (Wildman–Crippen MR) is 167 cm³/mol. The van der Waals surface area contributed by atoms with Crippen LogP contribution < -0.4 is 10.6 Å². The van der Waals surface area contributed by atoms with Gasteiger partial charge in [-0.2, -0.15) is 0 Å². The first-order valence-corrected chi connectivity index (χ1v) is 15.4. The number of hydrogen-bond acceptors (Lipinski definition) is 5. The van der Waals surface area contributed by atoms with Crippen LogP contribution in [0.5, 0.6) is 0 Å². The number of benzene rings is 2. The van der Waals surface area contributed by atoms with Crippen molar-refractivity contribution in [1.29, 1.82) is 0 Å². The van der Waals surface area contributed by atoms with Crippen molar-refractivity contribution in [2.45, 2.75) is 57.5 Å². The molecule has 218 valence electrons. The summed E-state index contributed by atoms with van der Waals surface area (Å²) < 4.78 is 0. The van der Waals surface area contributed by atoms with Crippen molar-refractivity contribution >= 4 is 58.5 Å². The fourth-order valence-electron chi connectivity index (χ4n) is 5.54. The second-order valence-electron chi connectivity index (χ2n) is 10.7. The maximum absolute atomic E-state index is 13.0. The molecule has 2 atom stereocenters. The van der Waals surface area contributed by atoms with E-state index >= 15 is 0 Å². The van der Waals surface area contributed by atoms with Gasteiger partial charge in [0.2, 0.25) is 23.6 Å². The first kappa shape index (κ1) is 29.3. The van der Waals surface area contributed by atoms with Gasteiger partial charge in [-0.1, -0.05) is 49.4 Å². The molecule has 2 aliphatic rings. The molecule has 3 heterocycles. The first-order valence-electron chi connectivity index (χ1n) is 14.5. The number of carbonyl (C=O) groups is 4. The van der Waals surface area contributed by atoms with Crippen molar-refractivity contribution in [3.63, 3.8) is 0 Å². The molecule has 2 aliphatic heterocycles. The highest BCUT2D eigenvalue weighted by atomic mass is 32.1. The largest absolute Gasteiger partial charge is 0.331 e. The summed E-state index contributed by atoms with van der Waals surface area (Å²) >= 11 is 1.55. The molecule has 2 N–H and O–H groups in total.